The van der Waals surface area contributed by atoms with Crippen LogP contribution in [-0.2, 0) is 13.6 Å². The number of nitrogens with zero attached hydrogens (tertiary/aromatic N) is 7. The van der Waals surface area contributed by atoms with Crippen LogP contribution in [0.3, 0.4) is 0 Å². The first kappa shape index (κ1) is 14.6. The number of halogens is 1. The average Bonchev–Trinajstić information content (AvgIpc) is 3.19. The van der Waals surface area contributed by atoms with Crippen molar-refractivity contribution in [3.63, 3.8) is 0 Å². The zero-order valence-electron chi connectivity index (χ0n) is 13.4. The fraction of sp³-hybridized carbons (Fsp3) is 0.312. The average molecular weight is 356 g/mol. The van der Waals surface area contributed by atoms with Crippen molar-refractivity contribution in [3.05, 3.63) is 39.8 Å². The number of fused-ring (bicyclic) bond motifs is 2. The summed E-state index contributed by atoms with van der Waals surface area (Å²) in [6, 6.07) is 5.49. The van der Waals surface area contributed by atoms with Gasteiger partial charge in [0.05, 0.1) is 11.2 Å². The third-order valence-electron chi connectivity index (χ3n) is 4.48. The molecule has 0 saturated heterocycles. The first-order valence-electron chi connectivity index (χ1n) is 8.06. The van der Waals surface area contributed by atoms with Crippen LogP contribution < -0.4 is 5.56 Å². The zero-order chi connectivity index (χ0) is 17.1. The highest BCUT2D eigenvalue weighted by Gasteiger charge is 2.25. The SMILES string of the molecule is Cn1cc2cc(-n3nc4nnn(CC5CC5)c4c(Cl)c3=O)ccc2n1. The van der Waals surface area contributed by atoms with Gasteiger partial charge in [-0.25, -0.2) is 4.68 Å². The number of aromatic nitrogens is 7. The van der Waals surface area contributed by atoms with E-state index in [0.717, 1.165) is 17.4 Å². The highest BCUT2D eigenvalue weighted by Crippen LogP contribution is 2.31. The molecule has 9 heteroatoms. The van der Waals surface area contributed by atoms with Crippen molar-refractivity contribution < 1.29 is 0 Å². The Hall–Kier alpha value is -2.74. The van der Waals surface area contributed by atoms with Gasteiger partial charge in [-0.05, 0) is 37.0 Å². The molecule has 3 aromatic heterocycles. The summed E-state index contributed by atoms with van der Waals surface area (Å²) >= 11 is 6.36. The predicted molar refractivity (Wildman–Crippen MR) is 92.9 cm³/mol. The lowest BCUT2D eigenvalue weighted by Gasteiger charge is -2.06. The Labute approximate surface area is 146 Å². The molecule has 1 fully saturated rings. The lowest BCUT2D eigenvalue weighted by Crippen LogP contribution is -2.22. The number of rotatable bonds is 3. The van der Waals surface area contributed by atoms with E-state index in [-0.39, 0.29) is 10.6 Å². The van der Waals surface area contributed by atoms with E-state index in [2.05, 4.69) is 20.5 Å². The van der Waals surface area contributed by atoms with Gasteiger partial charge in [-0.1, -0.05) is 16.8 Å². The van der Waals surface area contributed by atoms with Crippen LogP contribution in [0.2, 0.25) is 5.02 Å². The molecule has 0 bridgehead atoms. The Morgan fingerprint density at radius 1 is 1.28 bits per heavy atom. The van der Waals surface area contributed by atoms with E-state index in [0.29, 0.717) is 22.8 Å². The number of hydrogen-bond donors (Lipinski definition) is 0. The second kappa shape index (κ2) is 5.13. The zero-order valence-corrected chi connectivity index (χ0v) is 14.2. The maximum atomic E-state index is 12.8. The molecule has 8 nitrogen and oxygen atoms in total. The summed E-state index contributed by atoms with van der Waals surface area (Å²) in [5.74, 6) is 0.594. The molecular formula is C16H14ClN7O. The van der Waals surface area contributed by atoms with Crippen molar-refractivity contribution in [3.8, 4) is 5.69 Å². The third kappa shape index (κ3) is 2.32. The number of benzene rings is 1. The Morgan fingerprint density at radius 2 is 2.12 bits per heavy atom. The summed E-state index contributed by atoms with van der Waals surface area (Å²) in [4.78, 5) is 12.8. The Bertz CT molecular complexity index is 1180. The van der Waals surface area contributed by atoms with Gasteiger partial charge in [0.25, 0.3) is 5.56 Å². The summed E-state index contributed by atoms with van der Waals surface area (Å²) in [5.41, 5.74) is 1.97. The molecule has 1 aliphatic carbocycles. The molecule has 25 heavy (non-hydrogen) atoms. The summed E-state index contributed by atoms with van der Waals surface area (Å²) in [6.07, 6.45) is 4.24. The molecule has 0 atom stereocenters. The molecule has 0 unspecified atom stereocenters. The third-order valence-corrected chi connectivity index (χ3v) is 4.82. The van der Waals surface area contributed by atoms with Crippen molar-refractivity contribution in [2.75, 3.05) is 0 Å². The monoisotopic (exact) mass is 355 g/mol. The van der Waals surface area contributed by atoms with Crippen molar-refractivity contribution in [2.45, 2.75) is 19.4 Å². The van der Waals surface area contributed by atoms with Crippen LogP contribution in [0.5, 0.6) is 0 Å². The van der Waals surface area contributed by atoms with Crippen LogP contribution in [0.1, 0.15) is 12.8 Å². The van der Waals surface area contributed by atoms with Gasteiger partial charge < -0.3 is 0 Å². The van der Waals surface area contributed by atoms with Crippen molar-refractivity contribution in [1.29, 1.82) is 0 Å². The van der Waals surface area contributed by atoms with E-state index in [1.54, 1.807) is 15.4 Å². The van der Waals surface area contributed by atoms with E-state index in [1.807, 2.05) is 25.4 Å². The maximum Gasteiger partial charge on any atom is 0.292 e. The van der Waals surface area contributed by atoms with Gasteiger partial charge in [0, 0.05) is 25.2 Å². The predicted octanol–water partition coefficient (Wildman–Crippen LogP) is 1.93. The molecule has 1 aromatic carbocycles. The molecule has 1 saturated carbocycles. The quantitative estimate of drug-likeness (QED) is 0.560. The smallest absolute Gasteiger partial charge is 0.275 e. The van der Waals surface area contributed by atoms with Crippen LogP contribution in [-0.4, -0.2) is 34.6 Å². The molecule has 1 aliphatic rings. The second-order valence-electron chi connectivity index (χ2n) is 6.46. The first-order chi connectivity index (χ1) is 12.1. The summed E-state index contributed by atoms with van der Waals surface area (Å²) in [7, 11) is 1.85. The lowest BCUT2D eigenvalue weighted by atomic mass is 10.2. The van der Waals surface area contributed by atoms with Crippen LogP contribution in [0, 0.1) is 5.92 Å². The van der Waals surface area contributed by atoms with E-state index in [9.17, 15) is 4.79 Å². The van der Waals surface area contributed by atoms with Crippen molar-refractivity contribution >= 4 is 33.7 Å². The lowest BCUT2D eigenvalue weighted by molar-refractivity contribution is 0.559. The van der Waals surface area contributed by atoms with Gasteiger partial charge in [0.2, 0.25) is 5.65 Å². The topological polar surface area (TPSA) is 83.4 Å². The molecule has 0 radical (unpaired) electrons. The largest absolute Gasteiger partial charge is 0.292 e. The van der Waals surface area contributed by atoms with Crippen LogP contribution in [0.15, 0.2) is 29.2 Å². The maximum absolute atomic E-state index is 12.8. The molecule has 5 rings (SSSR count). The highest BCUT2D eigenvalue weighted by molar-refractivity contribution is 6.34. The van der Waals surface area contributed by atoms with Gasteiger partial charge in [0.1, 0.15) is 10.5 Å². The fourth-order valence-corrected chi connectivity index (χ4v) is 3.30. The Morgan fingerprint density at radius 3 is 2.92 bits per heavy atom. The molecule has 4 aromatic rings. The molecule has 126 valence electrons. The van der Waals surface area contributed by atoms with Gasteiger partial charge >= 0.3 is 0 Å². The van der Waals surface area contributed by atoms with Crippen LogP contribution >= 0.6 is 11.6 Å². The van der Waals surface area contributed by atoms with Gasteiger partial charge in [-0.3, -0.25) is 9.48 Å². The molecular weight excluding hydrogens is 342 g/mol. The van der Waals surface area contributed by atoms with Crippen LogP contribution in [0.4, 0.5) is 0 Å². The summed E-state index contributed by atoms with van der Waals surface area (Å²) in [5, 5.41) is 17.9. The molecule has 3 heterocycles. The molecule has 0 spiro atoms. The molecule has 0 N–H and O–H groups in total. The van der Waals surface area contributed by atoms with E-state index in [1.165, 1.54) is 17.5 Å². The van der Waals surface area contributed by atoms with Crippen LogP contribution in [0.25, 0.3) is 27.8 Å². The van der Waals surface area contributed by atoms with Crippen molar-refractivity contribution in [1.82, 2.24) is 34.6 Å². The minimum atomic E-state index is -0.378. The molecule has 0 amide bonds. The first-order valence-corrected chi connectivity index (χ1v) is 8.44. The number of hydrogen-bond acceptors (Lipinski definition) is 5. The number of aryl methyl sites for hydroxylation is 1. The van der Waals surface area contributed by atoms with Gasteiger partial charge in [-0.15, -0.1) is 10.2 Å². The Kier molecular flexibility index (Phi) is 2.99. The van der Waals surface area contributed by atoms with Gasteiger partial charge in [-0.2, -0.15) is 9.78 Å². The minimum Gasteiger partial charge on any atom is -0.275 e. The minimum absolute atomic E-state index is 0.0990. The van der Waals surface area contributed by atoms with E-state index >= 15 is 0 Å². The Balaban J connectivity index is 1.69. The van der Waals surface area contributed by atoms with E-state index < -0.39 is 0 Å². The summed E-state index contributed by atoms with van der Waals surface area (Å²) in [6.45, 7) is 0.725. The van der Waals surface area contributed by atoms with Crippen molar-refractivity contribution in [2.24, 2.45) is 13.0 Å². The highest BCUT2D eigenvalue weighted by atomic mass is 35.5. The normalized spacial score (nSPS) is 14.6. The van der Waals surface area contributed by atoms with E-state index in [4.69, 9.17) is 11.6 Å². The van der Waals surface area contributed by atoms with Gasteiger partial charge in [0.15, 0.2) is 0 Å². The standard InChI is InChI=1S/C16H14ClN7O/c1-22-8-10-6-11(4-5-12(10)19-22)24-16(25)13(17)14-15(20-24)18-21-23(14)7-9-2-3-9/h4-6,8-9H,2-3,7H2,1H3. The molecule has 0 aliphatic heterocycles. The fourth-order valence-electron chi connectivity index (χ4n) is 3.03. The second-order valence-corrected chi connectivity index (χ2v) is 6.84. The summed E-state index contributed by atoms with van der Waals surface area (Å²) < 4.78 is 4.69.